The number of Topliss-reactive ketones (excluding diaryl/α,β-unsaturated/α-hetero) is 1. The van der Waals surface area contributed by atoms with Gasteiger partial charge in [0.2, 0.25) is 0 Å². The minimum Gasteiger partial charge on any atom is -0.466 e. The zero-order chi connectivity index (χ0) is 15.8. The number of methoxy groups -OCH3 is 1. The Balaban J connectivity index is 1.81. The number of fused-ring (bicyclic) bond motifs is 1. The smallest absolute Gasteiger partial charge is 0.349 e. The normalized spacial score (nSPS) is 33.7. The summed E-state index contributed by atoms with van der Waals surface area (Å²) in [7, 11) is 1.17. The van der Waals surface area contributed by atoms with E-state index in [9.17, 15) is 14.7 Å². The molecule has 0 spiro atoms. The molecule has 1 aliphatic carbocycles. The minimum absolute atomic E-state index is 0.0236. The summed E-state index contributed by atoms with van der Waals surface area (Å²) < 4.78 is 15.9. The van der Waals surface area contributed by atoms with Crippen LogP contribution >= 0.6 is 0 Å². The van der Waals surface area contributed by atoms with Crippen molar-refractivity contribution in [2.24, 2.45) is 0 Å². The number of benzene rings is 1. The van der Waals surface area contributed by atoms with Gasteiger partial charge in [0.05, 0.1) is 20.3 Å². The third-order valence-corrected chi connectivity index (χ3v) is 4.49. The van der Waals surface area contributed by atoms with Crippen molar-refractivity contribution in [3.8, 4) is 0 Å². The lowest BCUT2D eigenvalue weighted by Gasteiger charge is -2.33. The Kier molecular flexibility index (Phi) is 3.76. The molecule has 1 saturated heterocycles. The molecule has 3 atom stereocenters. The first kappa shape index (κ1) is 15.1. The standard InChI is InChI=1S/C16H18O6/c1-20-14(18)16-12(17)7-8-15(16,19)13(10-22-16)21-9-11-5-3-2-4-6-11/h2-6,13,19H,7-10H2,1H3/t13-,15+,16+/m1/s1. The van der Waals surface area contributed by atoms with Crippen LogP contribution in [0.5, 0.6) is 0 Å². The second-order valence-corrected chi connectivity index (χ2v) is 5.62. The Morgan fingerprint density at radius 1 is 1.41 bits per heavy atom. The first-order valence-electron chi connectivity index (χ1n) is 7.18. The Labute approximate surface area is 128 Å². The third-order valence-electron chi connectivity index (χ3n) is 4.49. The fourth-order valence-corrected chi connectivity index (χ4v) is 3.28. The third kappa shape index (κ3) is 1.99. The summed E-state index contributed by atoms with van der Waals surface area (Å²) in [4.78, 5) is 24.2. The summed E-state index contributed by atoms with van der Waals surface area (Å²) in [5.41, 5.74) is -2.68. The van der Waals surface area contributed by atoms with Crippen molar-refractivity contribution < 1.29 is 28.9 Å². The van der Waals surface area contributed by atoms with Crippen LogP contribution in [0.3, 0.4) is 0 Å². The molecule has 1 saturated carbocycles. The van der Waals surface area contributed by atoms with E-state index in [-0.39, 0.29) is 26.1 Å². The summed E-state index contributed by atoms with van der Waals surface area (Å²) in [5, 5.41) is 10.9. The molecule has 1 aromatic carbocycles. The largest absolute Gasteiger partial charge is 0.466 e. The van der Waals surface area contributed by atoms with Gasteiger partial charge in [-0.1, -0.05) is 30.3 Å². The van der Waals surface area contributed by atoms with E-state index < -0.39 is 29.1 Å². The van der Waals surface area contributed by atoms with E-state index in [1.54, 1.807) is 0 Å². The van der Waals surface area contributed by atoms with Crippen LogP contribution < -0.4 is 0 Å². The monoisotopic (exact) mass is 306 g/mol. The molecule has 6 nitrogen and oxygen atoms in total. The van der Waals surface area contributed by atoms with Crippen LogP contribution in [0.4, 0.5) is 0 Å². The molecule has 0 radical (unpaired) electrons. The predicted octanol–water partition coefficient (Wildman–Crippen LogP) is 0.608. The maximum Gasteiger partial charge on any atom is 0.349 e. The molecular weight excluding hydrogens is 288 g/mol. The van der Waals surface area contributed by atoms with Gasteiger partial charge in [-0.2, -0.15) is 0 Å². The molecule has 0 bridgehead atoms. The second-order valence-electron chi connectivity index (χ2n) is 5.62. The number of rotatable bonds is 4. The average Bonchev–Trinajstić information content (AvgIpc) is 2.98. The van der Waals surface area contributed by atoms with Crippen LogP contribution in [0.2, 0.25) is 0 Å². The molecule has 2 aliphatic rings. The lowest BCUT2D eigenvalue weighted by atomic mass is 9.83. The molecule has 1 aromatic rings. The molecular formula is C16H18O6. The lowest BCUT2D eigenvalue weighted by Crippen LogP contribution is -2.61. The maximum atomic E-state index is 12.2. The zero-order valence-electron chi connectivity index (χ0n) is 12.3. The van der Waals surface area contributed by atoms with E-state index in [4.69, 9.17) is 9.47 Å². The van der Waals surface area contributed by atoms with Crippen molar-refractivity contribution >= 4 is 11.8 Å². The van der Waals surface area contributed by atoms with Gasteiger partial charge in [0.25, 0.3) is 5.60 Å². The topological polar surface area (TPSA) is 82.1 Å². The number of esters is 1. The van der Waals surface area contributed by atoms with Gasteiger partial charge in [0.1, 0.15) is 11.7 Å². The van der Waals surface area contributed by atoms with Crippen molar-refractivity contribution in [3.05, 3.63) is 35.9 Å². The number of hydrogen-bond donors (Lipinski definition) is 1. The fourth-order valence-electron chi connectivity index (χ4n) is 3.28. The summed E-state index contributed by atoms with van der Waals surface area (Å²) in [6, 6.07) is 9.46. The Morgan fingerprint density at radius 3 is 2.82 bits per heavy atom. The Bertz CT molecular complexity index is 586. The van der Waals surface area contributed by atoms with Crippen molar-refractivity contribution in [2.75, 3.05) is 13.7 Å². The number of hydrogen-bond acceptors (Lipinski definition) is 6. The Morgan fingerprint density at radius 2 is 2.14 bits per heavy atom. The van der Waals surface area contributed by atoms with Crippen LogP contribution in [0.15, 0.2) is 30.3 Å². The van der Waals surface area contributed by atoms with Gasteiger partial charge in [0.15, 0.2) is 5.78 Å². The van der Waals surface area contributed by atoms with E-state index in [2.05, 4.69) is 4.74 Å². The molecule has 1 heterocycles. The van der Waals surface area contributed by atoms with Gasteiger partial charge in [-0.25, -0.2) is 4.79 Å². The van der Waals surface area contributed by atoms with Crippen molar-refractivity contribution in [1.82, 2.24) is 0 Å². The van der Waals surface area contributed by atoms with Crippen LogP contribution in [0, 0.1) is 0 Å². The van der Waals surface area contributed by atoms with Crippen LogP contribution in [0.1, 0.15) is 18.4 Å². The molecule has 0 aromatic heterocycles. The van der Waals surface area contributed by atoms with Gasteiger partial charge < -0.3 is 19.3 Å². The van der Waals surface area contributed by atoms with Gasteiger partial charge in [0, 0.05) is 6.42 Å². The van der Waals surface area contributed by atoms with Gasteiger partial charge in [-0.3, -0.25) is 4.79 Å². The highest BCUT2D eigenvalue weighted by atomic mass is 16.6. The van der Waals surface area contributed by atoms with Gasteiger partial charge in [-0.15, -0.1) is 0 Å². The van der Waals surface area contributed by atoms with Gasteiger partial charge in [-0.05, 0) is 12.0 Å². The number of ketones is 1. The second kappa shape index (κ2) is 5.46. The molecule has 2 fully saturated rings. The van der Waals surface area contributed by atoms with Crippen LogP contribution in [-0.2, 0) is 30.4 Å². The molecule has 3 rings (SSSR count). The predicted molar refractivity (Wildman–Crippen MR) is 74.9 cm³/mol. The van der Waals surface area contributed by atoms with E-state index in [1.807, 2.05) is 30.3 Å². The summed E-state index contributed by atoms with van der Waals surface area (Å²) in [6.45, 7) is 0.243. The highest BCUT2D eigenvalue weighted by Gasteiger charge is 2.74. The van der Waals surface area contributed by atoms with Crippen molar-refractivity contribution in [3.63, 3.8) is 0 Å². The number of carbonyl (C=O) groups is 2. The molecule has 1 N–H and O–H groups in total. The first-order valence-corrected chi connectivity index (χ1v) is 7.18. The average molecular weight is 306 g/mol. The van der Waals surface area contributed by atoms with Crippen LogP contribution in [-0.4, -0.2) is 47.9 Å². The maximum absolute atomic E-state index is 12.2. The fraction of sp³-hybridized carbons (Fsp3) is 0.500. The zero-order valence-corrected chi connectivity index (χ0v) is 12.3. The van der Waals surface area contributed by atoms with Crippen LogP contribution in [0.25, 0.3) is 0 Å². The summed E-state index contributed by atoms with van der Waals surface area (Å²) >= 11 is 0. The number of ether oxygens (including phenoxy) is 3. The first-order chi connectivity index (χ1) is 10.5. The molecule has 0 amide bonds. The van der Waals surface area contributed by atoms with E-state index >= 15 is 0 Å². The quantitative estimate of drug-likeness (QED) is 0.648. The van der Waals surface area contributed by atoms with E-state index in [0.717, 1.165) is 5.56 Å². The molecule has 22 heavy (non-hydrogen) atoms. The summed E-state index contributed by atoms with van der Waals surface area (Å²) in [6.07, 6.45) is -0.560. The highest BCUT2D eigenvalue weighted by molar-refractivity contribution is 6.11. The molecule has 6 heteroatoms. The Hall–Kier alpha value is -1.76. The molecule has 1 aliphatic heterocycles. The lowest BCUT2D eigenvalue weighted by molar-refractivity contribution is -0.186. The summed E-state index contributed by atoms with van der Waals surface area (Å²) in [5.74, 6) is -1.31. The van der Waals surface area contributed by atoms with Crippen molar-refractivity contribution in [2.45, 2.75) is 36.8 Å². The minimum atomic E-state index is -1.94. The van der Waals surface area contributed by atoms with Crippen molar-refractivity contribution in [1.29, 1.82) is 0 Å². The molecule has 0 unspecified atom stereocenters. The van der Waals surface area contributed by atoms with E-state index in [0.29, 0.717) is 0 Å². The SMILES string of the molecule is COC(=O)[C@]12OC[C@@H](OCc3ccccc3)[C@@]1(O)CCC2=O. The number of aliphatic hydroxyl groups is 1. The van der Waals surface area contributed by atoms with E-state index in [1.165, 1.54) is 7.11 Å². The van der Waals surface area contributed by atoms with Gasteiger partial charge >= 0.3 is 5.97 Å². The highest BCUT2D eigenvalue weighted by Crippen LogP contribution is 2.48. The number of carbonyl (C=O) groups excluding carboxylic acids is 2. The molecule has 118 valence electrons.